The maximum Gasteiger partial charge on any atom is 0.0959 e. The zero-order valence-corrected chi connectivity index (χ0v) is 9.35. The molecule has 0 aliphatic heterocycles. The van der Waals surface area contributed by atoms with Gasteiger partial charge in [-0.1, -0.05) is 39.7 Å². The Bertz CT molecular complexity index is 373. The summed E-state index contributed by atoms with van der Waals surface area (Å²) in [4.78, 5) is 0. The number of halogens is 2. The van der Waals surface area contributed by atoms with Crippen LogP contribution < -0.4 is 0 Å². The lowest BCUT2D eigenvalue weighted by Crippen LogP contribution is -1.80. The SMILES string of the molecule is CC(C#N)=C(Cl)c1ccc(Br)cc1. The van der Waals surface area contributed by atoms with Crippen LogP contribution in [0.4, 0.5) is 0 Å². The van der Waals surface area contributed by atoms with E-state index >= 15 is 0 Å². The third-order valence-electron chi connectivity index (χ3n) is 1.59. The molecule has 0 saturated carbocycles. The Morgan fingerprint density at radius 3 is 2.38 bits per heavy atom. The van der Waals surface area contributed by atoms with Crippen molar-refractivity contribution in [2.45, 2.75) is 6.92 Å². The van der Waals surface area contributed by atoms with Gasteiger partial charge in [0.25, 0.3) is 0 Å². The first-order chi connectivity index (χ1) is 6.15. The number of hydrogen-bond acceptors (Lipinski definition) is 1. The predicted octanol–water partition coefficient (Wildman–Crippen LogP) is 3.94. The van der Waals surface area contributed by atoms with Crippen LogP contribution in [0.5, 0.6) is 0 Å². The lowest BCUT2D eigenvalue weighted by atomic mass is 10.1. The second-order valence-corrected chi connectivity index (χ2v) is 3.85. The summed E-state index contributed by atoms with van der Waals surface area (Å²) in [7, 11) is 0. The molecule has 0 heterocycles. The van der Waals surface area contributed by atoms with Crippen molar-refractivity contribution < 1.29 is 0 Å². The van der Waals surface area contributed by atoms with Gasteiger partial charge in [0.1, 0.15) is 0 Å². The fourth-order valence-corrected chi connectivity index (χ4v) is 1.29. The second-order valence-electron chi connectivity index (χ2n) is 2.56. The largest absolute Gasteiger partial charge is 0.193 e. The van der Waals surface area contributed by atoms with E-state index in [2.05, 4.69) is 15.9 Å². The summed E-state index contributed by atoms with van der Waals surface area (Å²) in [6.07, 6.45) is 0. The predicted molar refractivity (Wildman–Crippen MR) is 58.2 cm³/mol. The molecule has 1 nitrogen and oxygen atoms in total. The molecule has 0 bridgehead atoms. The molecule has 1 aromatic carbocycles. The van der Waals surface area contributed by atoms with Crippen LogP contribution in [0.1, 0.15) is 12.5 Å². The molecular formula is C10H7BrClN. The van der Waals surface area contributed by atoms with Gasteiger partial charge < -0.3 is 0 Å². The average molecular weight is 257 g/mol. The van der Waals surface area contributed by atoms with E-state index in [0.29, 0.717) is 10.6 Å². The standard InChI is InChI=1S/C10H7BrClN/c1-7(6-13)10(12)8-2-4-9(11)5-3-8/h2-5H,1H3. The van der Waals surface area contributed by atoms with Crippen molar-refractivity contribution in [1.82, 2.24) is 0 Å². The van der Waals surface area contributed by atoms with Crippen molar-refractivity contribution in [3.05, 3.63) is 39.9 Å². The van der Waals surface area contributed by atoms with Crippen LogP contribution in [-0.2, 0) is 0 Å². The molecule has 3 heteroatoms. The molecule has 0 fully saturated rings. The lowest BCUT2D eigenvalue weighted by Gasteiger charge is -1.99. The Balaban J connectivity index is 3.12. The van der Waals surface area contributed by atoms with Gasteiger partial charge in [0.2, 0.25) is 0 Å². The summed E-state index contributed by atoms with van der Waals surface area (Å²) in [6.45, 7) is 1.70. The van der Waals surface area contributed by atoms with Gasteiger partial charge in [0, 0.05) is 10.0 Å². The number of benzene rings is 1. The molecule has 0 atom stereocenters. The van der Waals surface area contributed by atoms with Gasteiger partial charge in [-0.25, -0.2) is 0 Å². The fraction of sp³-hybridized carbons (Fsp3) is 0.100. The third kappa shape index (κ3) is 2.58. The van der Waals surface area contributed by atoms with Crippen molar-refractivity contribution in [2.24, 2.45) is 0 Å². The number of rotatable bonds is 1. The van der Waals surface area contributed by atoms with Gasteiger partial charge >= 0.3 is 0 Å². The first kappa shape index (κ1) is 10.3. The summed E-state index contributed by atoms with van der Waals surface area (Å²) in [5, 5.41) is 9.13. The summed E-state index contributed by atoms with van der Waals surface area (Å²) >= 11 is 9.28. The lowest BCUT2D eigenvalue weighted by molar-refractivity contribution is 1.45. The Kier molecular flexibility index (Phi) is 3.53. The van der Waals surface area contributed by atoms with Crippen LogP contribution in [0.2, 0.25) is 0 Å². The van der Waals surface area contributed by atoms with Crippen molar-refractivity contribution in [1.29, 1.82) is 5.26 Å². The van der Waals surface area contributed by atoms with Crippen molar-refractivity contribution >= 4 is 32.6 Å². The zero-order chi connectivity index (χ0) is 9.84. The molecule has 13 heavy (non-hydrogen) atoms. The first-order valence-corrected chi connectivity index (χ1v) is 4.84. The number of hydrogen-bond donors (Lipinski definition) is 0. The average Bonchev–Trinajstić information content (AvgIpc) is 2.17. The highest BCUT2D eigenvalue weighted by atomic mass is 79.9. The number of nitriles is 1. The van der Waals surface area contributed by atoms with Gasteiger partial charge in [-0.2, -0.15) is 5.26 Å². The minimum Gasteiger partial charge on any atom is -0.193 e. The number of allylic oxidation sites excluding steroid dienone is 1. The quantitative estimate of drug-likeness (QED) is 0.698. The van der Waals surface area contributed by atoms with Gasteiger partial charge in [-0.15, -0.1) is 0 Å². The van der Waals surface area contributed by atoms with Crippen molar-refractivity contribution in [3.8, 4) is 6.07 Å². The van der Waals surface area contributed by atoms with Crippen LogP contribution in [0.3, 0.4) is 0 Å². The van der Waals surface area contributed by atoms with Crippen LogP contribution in [0, 0.1) is 11.3 Å². The normalized spacial score (nSPS) is 11.8. The zero-order valence-electron chi connectivity index (χ0n) is 7.01. The van der Waals surface area contributed by atoms with E-state index in [-0.39, 0.29) is 0 Å². The third-order valence-corrected chi connectivity index (χ3v) is 2.62. The molecule has 1 rings (SSSR count). The van der Waals surface area contributed by atoms with Crippen LogP contribution in [0.25, 0.3) is 5.03 Å². The summed E-state index contributed by atoms with van der Waals surface area (Å²) in [5.74, 6) is 0. The van der Waals surface area contributed by atoms with Crippen LogP contribution >= 0.6 is 27.5 Å². The number of nitrogens with zero attached hydrogens (tertiary/aromatic N) is 1. The highest BCUT2D eigenvalue weighted by Crippen LogP contribution is 2.23. The molecule has 0 spiro atoms. The Morgan fingerprint density at radius 1 is 1.38 bits per heavy atom. The molecule has 0 unspecified atom stereocenters. The van der Waals surface area contributed by atoms with Gasteiger partial charge in [-0.3, -0.25) is 0 Å². The molecule has 0 aromatic heterocycles. The van der Waals surface area contributed by atoms with E-state index in [0.717, 1.165) is 10.0 Å². The first-order valence-electron chi connectivity index (χ1n) is 3.67. The molecule has 66 valence electrons. The molecular weight excluding hydrogens is 249 g/mol. The maximum atomic E-state index is 8.62. The minimum absolute atomic E-state index is 0.509. The topological polar surface area (TPSA) is 23.8 Å². The molecule has 0 aliphatic carbocycles. The van der Waals surface area contributed by atoms with E-state index in [1.54, 1.807) is 6.92 Å². The highest BCUT2D eigenvalue weighted by Gasteiger charge is 2.01. The summed E-state index contributed by atoms with van der Waals surface area (Å²) in [5.41, 5.74) is 1.40. The maximum absolute atomic E-state index is 8.62. The second kappa shape index (κ2) is 4.45. The Morgan fingerprint density at radius 2 is 1.92 bits per heavy atom. The monoisotopic (exact) mass is 255 g/mol. The summed E-state index contributed by atoms with van der Waals surface area (Å²) < 4.78 is 0.996. The molecule has 0 aliphatic rings. The van der Waals surface area contributed by atoms with Crippen LogP contribution in [-0.4, -0.2) is 0 Å². The molecule has 0 radical (unpaired) electrons. The molecule has 1 aromatic rings. The van der Waals surface area contributed by atoms with E-state index < -0.39 is 0 Å². The molecule has 0 amide bonds. The minimum atomic E-state index is 0.509. The van der Waals surface area contributed by atoms with Gasteiger partial charge in [0.15, 0.2) is 0 Å². The smallest absolute Gasteiger partial charge is 0.0959 e. The Hall–Kier alpha value is -0.780. The Labute approximate surface area is 90.8 Å². The van der Waals surface area contributed by atoms with Gasteiger partial charge in [-0.05, 0) is 24.6 Å². The van der Waals surface area contributed by atoms with Gasteiger partial charge in [0.05, 0.1) is 11.1 Å². The van der Waals surface area contributed by atoms with E-state index in [1.165, 1.54) is 0 Å². The summed E-state index contributed by atoms with van der Waals surface area (Å²) in [6, 6.07) is 9.53. The molecule has 0 saturated heterocycles. The molecule has 0 N–H and O–H groups in total. The van der Waals surface area contributed by atoms with E-state index in [4.69, 9.17) is 16.9 Å². The van der Waals surface area contributed by atoms with Crippen molar-refractivity contribution in [2.75, 3.05) is 0 Å². The van der Waals surface area contributed by atoms with Crippen molar-refractivity contribution in [3.63, 3.8) is 0 Å². The fourth-order valence-electron chi connectivity index (χ4n) is 0.862. The van der Waals surface area contributed by atoms with E-state index in [9.17, 15) is 0 Å². The van der Waals surface area contributed by atoms with E-state index in [1.807, 2.05) is 30.3 Å². The highest BCUT2D eigenvalue weighted by molar-refractivity contribution is 9.10. The van der Waals surface area contributed by atoms with Crippen LogP contribution in [0.15, 0.2) is 34.3 Å².